The maximum absolute atomic E-state index is 8.25. The molecule has 2 aromatic carbocycles. The summed E-state index contributed by atoms with van der Waals surface area (Å²) in [5.74, 6) is 0. The first kappa shape index (κ1) is 22.5. The third-order valence-corrected chi connectivity index (χ3v) is 5.25. The molecule has 2 nitrogen and oxygen atoms in total. The Bertz CT molecular complexity index is 508. The zero-order chi connectivity index (χ0) is 17.4. The molecule has 0 saturated heterocycles. The molecule has 0 heterocycles. The second-order valence-electron chi connectivity index (χ2n) is 6.74. The molecule has 0 saturated carbocycles. The molecule has 0 fully saturated rings. The Kier molecular flexibility index (Phi) is 10.8. The number of hydrogen-bond acceptors (Lipinski definition) is 2. The zero-order valence-corrected chi connectivity index (χ0v) is 18.2. The average molecular weight is 418 g/mol. The standard InChI is InChI=1S/C20H24.2CH3O.Zr/c1-2-6-18-12-15(11-17(18)5-1)9-10-16-13-19-7-3-4-8-20(19)14-16;2*1-2;/h11-14H,1-10H2;2*1H3;/q-2;2*-1;+4. The molecule has 0 amide bonds. The first-order valence-electron chi connectivity index (χ1n) is 9.25. The first-order valence-corrected chi connectivity index (χ1v) is 9.25. The molecule has 0 spiro atoms. The van der Waals surface area contributed by atoms with E-state index in [1.54, 1.807) is 33.4 Å². The molecule has 2 aliphatic carbocycles. The summed E-state index contributed by atoms with van der Waals surface area (Å²) in [6.45, 7) is 0. The smallest absolute Gasteiger partial charge is 0.857 e. The van der Waals surface area contributed by atoms with Crippen LogP contribution in [-0.4, -0.2) is 14.2 Å². The first-order chi connectivity index (χ1) is 11.9. The Morgan fingerprint density at radius 1 is 0.680 bits per heavy atom. The van der Waals surface area contributed by atoms with Crippen molar-refractivity contribution in [1.29, 1.82) is 0 Å². The van der Waals surface area contributed by atoms with Crippen molar-refractivity contribution in [2.24, 2.45) is 0 Å². The Labute approximate surface area is 172 Å². The summed E-state index contributed by atoms with van der Waals surface area (Å²) >= 11 is 0. The molecule has 0 aliphatic heterocycles. The van der Waals surface area contributed by atoms with Crippen molar-refractivity contribution in [2.75, 3.05) is 14.2 Å². The van der Waals surface area contributed by atoms with Crippen LogP contribution in [0.4, 0.5) is 0 Å². The van der Waals surface area contributed by atoms with Crippen LogP contribution in [-0.2, 0) is 64.7 Å². The minimum absolute atomic E-state index is 0. The normalized spacial score (nSPS) is 14.7. The van der Waals surface area contributed by atoms with E-state index in [1.807, 2.05) is 0 Å². The molecule has 0 unspecified atom stereocenters. The van der Waals surface area contributed by atoms with Gasteiger partial charge in [0, 0.05) is 0 Å². The molecule has 25 heavy (non-hydrogen) atoms. The van der Waals surface area contributed by atoms with Gasteiger partial charge >= 0.3 is 26.2 Å². The van der Waals surface area contributed by atoms with Crippen LogP contribution in [0.2, 0.25) is 0 Å². The van der Waals surface area contributed by atoms with Crippen LogP contribution in [0.1, 0.15) is 59.1 Å². The van der Waals surface area contributed by atoms with Gasteiger partial charge in [0.15, 0.2) is 0 Å². The molecular formula is C22H30O2Zr. The van der Waals surface area contributed by atoms with Crippen LogP contribution in [0.25, 0.3) is 0 Å². The predicted octanol–water partition coefficient (Wildman–Crippen LogP) is 2.62. The van der Waals surface area contributed by atoms with Gasteiger partial charge in [0.25, 0.3) is 0 Å². The monoisotopic (exact) mass is 416 g/mol. The predicted molar refractivity (Wildman–Crippen MR) is 96.6 cm³/mol. The van der Waals surface area contributed by atoms with Gasteiger partial charge in [-0.3, -0.25) is 0 Å². The number of hydrogen-bond donors (Lipinski definition) is 0. The summed E-state index contributed by atoms with van der Waals surface area (Å²) in [7, 11) is 1.50. The van der Waals surface area contributed by atoms with Crippen LogP contribution in [0.15, 0.2) is 24.3 Å². The minimum Gasteiger partial charge on any atom is -0.857 e. The van der Waals surface area contributed by atoms with Gasteiger partial charge in [0.1, 0.15) is 0 Å². The molecule has 2 aliphatic rings. The Balaban J connectivity index is 0.000000586. The Morgan fingerprint density at radius 3 is 1.40 bits per heavy atom. The maximum Gasteiger partial charge on any atom is 4.00 e. The van der Waals surface area contributed by atoms with Gasteiger partial charge in [-0.1, -0.05) is 51.4 Å². The minimum atomic E-state index is 0. The van der Waals surface area contributed by atoms with Crippen molar-refractivity contribution in [1.82, 2.24) is 0 Å². The topological polar surface area (TPSA) is 46.1 Å². The molecular weight excluding hydrogens is 387 g/mol. The Morgan fingerprint density at radius 2 is 1.04 bits per heavy atom. The molecule has 0 aromatic heterocycles. The quantitative estimate of drug-likeness (QED) is 0.721. The van der Waals surface area contributed by atoms with E-state index in [2.05, 4.69) is 24.3 Å². The zero-order valence-electron chi connectivity index (χ0n) is 15.7. The molecule has 4 rings (SSSR count). The largest absolute Gasteiger partial charge is 4.00 e. The molecule has 3 heteroatoms. The molecule has 0 bridgehead atoms. The van der Waals surface area contributed by atoms with Crippen molar-refractivity contribution >= 4 is 0 Å². The number of fused-ring (bicyclic) bond motifs is 2. The van der Waals surface area contributed by atoms with Crippen LogP contribution in [0.5, 0.6) is 0 Å². The van der Waals surface area contributed by atoms with E-state index in [4.69, 9.17) is 10.2 Å². The van der Waals surface area contributed by atoms with E-state index in [9.17, 15) is 0 Å². The van der Waals surface area contributed by atoms with E-state index in [0.717, 1.165) is 14.2 Å². The van der Waals surface area contributed by atoms with E-state index in [1.165, 1.54) is 64.2 Å². The van der Waals surface area contributed by atoms with Crippen molar-refractivity contribution < 1.29 is 36.4 Å². The van der Waals surface area contributed by atoms with Gasteiger partial charge in [-0.2, -0.15) is 59.7 Å². The summed E-state index contributed by atoms with van der Waals surface area (Å²) in [5, 5.41) is 16.5. The maximum atomic E-state index is 8.25. The fraction of sp³-hybridized carbons (Fsp3) is 0.545. The summed E-state index contributed by atoms with van der Waals surface area (Å²) in [6, 6.07) is 9.93. The molecule has 134 valence electrons. The second-order valence-corrected chi connectivity index (χ2v) is 6.74. The van der Waals surface area contributed by atoms with E-state index in [-0.39, 0.29) is 26.2 Å². The summed E-state index contributed by atoms with van der Waals surface area (Å²) in [5.41, 5.74) is 9.74. The van der Waals surface area contributed by atoms with E-state index < -0.39 is 0 Å². The number of rotatable bonds is 3. The summed E-state index contributed by atoms with van der Waals surface area (Å²) in [4.78, 5) is 0. The van der Waals surface area contributed by atoms with Gasteiger partial charge in [-0.25, -0.2) is 12.1 Å². The fourth-order valence-corrected chi connectivity index (χ4v) is 4.12. The van der Waals surface area contributed by atoms with Gasteiger partial charge in [0.2, 0.25) is 0 Å². The molecule has 0 N–H and O–H groups in total. The van der Waals surface area contributed by atoms with Crippen LogP contribution >= 0.6 is 0 Å². The SMILES string of the molecule is C[O-].C[O-].[Zr+4].c1c(CCc2cc3c([cH-]2)CCCC3)[cH-]c2c1CCCC2. The van der Waals surface area contributed by atoms with Crippen LogP contribution < -0.4 is 10.2 Å². The molecule has 0 atom stereocenters. The second kappa shape index (κ2) is 12.0. The van der Waals surface area contributed by atoms with Crippen molar-refractivity contribution in [2.45, 2.75) is 64.2 Å². The van der Waals surface area contributed by atoms with Crippen LogP contribution in [0, 0.1) is 0 Å². The molecule has 0 radical (unpaired) electrons. The average Bonchev–Trinajstić information content (AvgIpc) is 3.26. The summed E-state index contributed by atoms with van der Waals surface area (Å²) < 4.78 is 0. The van der Waals surface area contributed by atoms with Crippen molar-refractivity contribution in [3.63, 3.8) is 0 Å². The van der Waals surface area contributed by atoms with Crippen molar-refractivity contribution in [3.05, 3.63) is 57.6 Å². The number of aryl methyl sites for hydroxylation is 6. The molecule has 2 aromatic rings. The summed E-state index contributed by atoms with van der Waals surface area (Å²) in [6.07, 6.45) is 13.3. The van der Waals surface area contributed by atoms with Gasteiger partial charge < -0.3 is 10.2 Å². The van der Waals surface area contributed by atoms with Gasteiger partial charge in [-0.15, -0.1) is 0 Å². The van der Waals surface area contributed by atoms with Gasteiger partial charge in [0.05, 0.1) is 0 Å². The third-order valence-electron chi connectivity index (χ3n) is 5.25. The Hall–Kier alpha value is -0.497. The van der Waals surface area contributed by atoms with Crippen LogP contribution in [0.3, 0.4) is 0 Å². The fourth-order valence-electron chi connectivity index (χ4n) is 4.12. The van der Waals surface area contributed by atoms with E-state index >= 15 is 0 Å². The van der Waals surface area contributed by atoms with Crippen molar-refractivity contribution in [3.8, 4) is 0 Å². The van der Waals surface area contributed by atoms with E-state index in [0.29, 0.717) is 0 Å². The third kappa shape index (κ3) is 6.02. The van der Waals surface area contributed by atoms with Gasteiger partial charge in [-0.05, 0) is 12.8 Å².